The molecule has 1 heterocycles. The van der Waals surface area contributed by atoms with Crippen LogP contribution in [0.5, 0.6) is 5.75 Å². The predicted molar refractivity (Wildman–Crippen MR) is 88.9 cm³/mol. The lowest BCUT2D eigenvalue weighted by Crippen LogP contribution is -2.16. The molecule has 11 heteroatoms. The number of halogens is 4. The van der Waals surface area contributed by atoms with Gasteiger partial charge in [0.2, 0.25) is 5.91 Å². The lowest BCUT2D eigenvalue weighted by molar-refractivity contribution is -0.274. The average molecular weight is 413 g/mol. The molecule has 0 aliphatic rings. The molecule has 0 aliphatic carbocycles. The fourth-order valence-corrected chi connectivity index (χ4v) is 4.47. The molecule has 1 unspecified atom stereocenters. The van der Waals surface area contributed by atoms with Gasteiger partial charge in [-0.05, 0) is 38.1 Å². The third kappa shape index (κ3) is 5.26. The molecular weight excluding hydrogens is 397 g/mol. The van der Waals surface area contributed by atoms with E-state index < -0.39 is 19.9 Å². The molecule has 0 N–H and O–H groups in total. The second kappa shape index (κ2) is 8.47. The maximum atomic E-state index is 14.6. The third-order valence-electron chi connectivity index (χ3n) is 3.00. The number of nitrogens with zero attached hydrogens (tertiary/aromatic N) is 1. The SMILES string of the molecule is CCOP(=O)(OCC)C(F)c1csc(-c2ccc(OC(F)(F)F)cc2)n1. The molecule has 0 radical (unpaired) electrons. The summed E-state index contributed by atoms with van der Waals surface area (Å²) < 4.78 is 77.3. The number of thiazole rings is 1. The molecule has 0 saturated heterocycles. The maximum Gasteiger partial charge on any atom is 0.573 e. The molecular formula is C15H16F4NO4PS. The van der Waals surface area contributed by atoms with E-state index in [0.717, 1.165) is 23.5 Å². The van der Waals surface area contributed by atoms with Crippen molar-refractivity contribution < 1.29 is 35.9 Å². The highest BCUT2D eigenvalue weighted by molar-refractivity contribution is 7.54. The fraction of sp³-hybridized carbons (Fsp3) is 0.400. The molecule has 1 aromatic heterocycles. The van der Waals surface area contributed by atoms with E-state index in [1.165, 1.54) is 17.5 Å². The first-order chi connectivity index (χ1) is 12.2. The predicted octanol–water partition coefficient (Wildman–Crippen LogP) is 5.94. The summed E-state index contributed by atoms with van der Waals surface area (Å²) in [4.78, 5) is 4.06. The molecule has 0 bridgehead atoms. The van der Waals surface area contributed by atoms with Crippen LogP contribution in [-0.2, 0) is 13.6 Å². The number of hydrogen-bond donors (Lipinski definition) is 0. The lowest BCUT2D eigenvalue weighted by Gasteiger charge is -2.19. The molecule has 0 aliphatic heterocycles. The third-order valence-corrected chi connectivity index (χ3v) is 5.96. The van der Waals surface area contributed by atoms with Gasteiger partial charge in [-0.2, -0.15) is 0 Å². The zero-order valence-corrected chi connectivity index (χ0v) is 15.5. The number of alkyl halides is 4. The van der Waals surface area contributed by atoms with E-state index in [4.69, 9.17) is 9.05 Å². The van der Waals surface area contributed by atoms with Crippen LogP contribution in [0.4, 0.5) is 17.6 Å². The fourth-order valence-electron chi connectivity index (χ4n) is 2.02. The summed E-state index contributed by atoms with van der Waals surface area (Å²) in [6.07, 6.45) is -4.78. The van der Waals surface area contributed by atoms with Crippen molar-refractivity contribution in [3.8, 4) is 16.3 Å². The van der Waals surface area contributed by atoms with Gasteiger partial charge in [0.25, 0.3) is 0 Å². The Morgan fingerprint density at radius 3 is 2.23 bits per heavy atom. The van der Waals surface area contributed by atoms with Gasteiger partial charge in [0.05, 0.1) is 18.9 Å². The highest BCUT2D eigenvalue weighted by Gasteiger charge is 2.39. The van der Waals surface area contributed by atoms with Crippen LogP contribution in [0.25, 0.3) is 10.6 Å². The van der Waals surface area contributed by atoms with Gasteiger partial charge in [0, 0.05) is 10.9 Å². The van der Waals surface area contributed by atoms with E-state index in [1.807, 2.05) is 0 Å². The van der Waals surface area contributed by atoms with E-state index in [1.54, 1.807) is 13.8 Å². The molecule has 0 amide bonds. The van der Waals surface area contributed by atoms with Crippen molar-refractivity contribution in [2.24, 2.45) is 0 Å². The van der Waals surface area contributed by atoms with Crippen LogP contribution in [0.3, 0.4) is 0 Å². The molecule has 144 valence electrons. The monoisotopic (exact) mass is 413 g/mol. The van der Waals surface area contributed by atoms with E-state index >= 15 is 0 Å². The number of ether oxygens (including phenoxy) is 1. The summed E-state index contributed by atoms with van der Waals surface area (Å²) in [5.74, 6) is -2.43. The van der Waals surface area contributed by atoms with Crippen molar-refractivity contribution in [2.75, 3.05) is 13.2 Å². The van der Waals surface area contributed by atoms with E-state index in [0.29, 0.717) is 10.6 Å². The van der Waals surface area contributed by atoms with E-state index in [2.05, 4.69) is 9.72 Å². The minimum atomic E-state index is -4.78. The molecule has 2 rings (SSSR count). The Balaban J connectivity index is 2.19. The van der Waals surface area contributed by atoms with Gasteiger partial charge >= 0.3 is 14.0 Å². The second-order valence-corrected chi connectivity index (χ2v) is 7.77. The van der Waals surface area contributed by atoms with Crippen molar-refractivity contribution >= 4 is 18.9 Å². The molecule has 0 spiro atoms. The van der Waals surface area contributed by atoms with E-state index in [-0.39, 0.29) is 24.7 Å². The Morgan fingerprint density at radius 1 is 1.15 bits per heavy atom. The number of benzene rings is 1. The average Bonchev–Trinajstić information content (AvgIpc) is 3.03. The Labute approximate surface area is 151 Å². The summed E-state index contributed by atoms with van der Waals surface area (Å²) >= 11 is 1.06. The molecule has 2 aromatic rings. The Kier molecular flexibility index (Phi) is 6.79. The Bertz CT molecular complexity index is 756. The topological polar surface area (TPSA) is 57.7 Å². The first-order valence-corrected chi connectivity index (χ1v) is 10.0. The van der Waals surface area contributed by atoms with Gasteiger partial charge in [-0.3, -0.25) is 4.57 Å². The van der Waals surface area contributed by atoms with Crippen LogP contribution in [0.2, 0.25) is 0 Å². The van der Waals surface area contributed by atoms with Crippen molar-refractivity contribution in [1.29, 1.82) is 0 Å². The van der Waals surface area contributed by atoms with Crippen LogP contribution in [0.15, 0.2) is 29.6 Å². The van der Waals surface area contributed by atoms with Crippen LogP contribution >= 0.6 is 18.9 Å². The summed E-state index contributed by atoms with van der Waals surface area (Å²) in [6, 6.07) is 4.98. The summed E-state index contributed by atoms with van der Waals surface area (Å²) in [5, 5.41) is 1.71. The molecule has 5 nitrogen and oxygen atoms in total. The lowest BCUT2D eigenvalue weighted by atomic mass is 10.2. The molecule has 1 aromatic carbocycles. The van der Waals surface area contributed by atoms with Crippen LogP contribution in [0, 0.1) is 0 Å². The normalized spacial score (nSPS) is 13.6. The summed E-state index contributed by atoms with van der Waals surface area (Å²) in [5.41, 5.74) is 0.344. The molecule has 1 atom stereocenters. The molecule has 26 heavy (non-hydrogen) atoms. The maximum absolute atomic E-state index is 14.6. The van der Waals surface area contributed by atoms with Gasteiger partial charge < -0.3 is 13.8 Å². The number of hydrogen-bond acceptors (Lipinski definition) is 6. The first-order valence-electron chi connectivity index (χ1n) is 7.53. The first kappa shape index (κ1) is 20.8. The van der Waals surface area contributed by atoms with Crippen LogP contribution in [0.1, 0.15) is 25.5 Å². The quantitative estimate of drug-likeness (QED) is 0.396. The number of aromatic nitrogens is 1. The second-order valence-electron chi connectivity index (χ2n) is 4.86. The van der Waals surface area contributed by atoms with Crippen molar-refractivity contribution in [3.05, 3.63) is 35.3 Å². The van der Waals surface area contributed by atoms with Crippen molar-refractivity contribution in [3.63, 3.8) is 0 Å². The zero-order valence-electron chi connectivity index (χ0n) is 13.8. The largest absolute Gasteiger partial charge is 0.573 e. The van der Waals surface area contributed by atoms with Crippen molar-refractivity contribution in [2.45, 2.75) is 26.1 Å². The van der Waals surface area contributed by atoms with Crippen LogP contribution in [-0.4, -0.2) is 24.6 Å². The van der Waals surface area contributed by atoms with Gasteiger partial charge in [-0.15, -0.1) is 24.5 Å². The highest BCUT2D eigenvalue weighted by atomic mass is 32.1. The molecule has 0 fully saturated rings. The Hall–Kier alpha value is -1.48. The molecule has 0 saturated carbocycles. The zero-order chi connectivity index (χ0) is 19.4. The highest BCUT2D eigenvalue weighted by Crippen LogP contribution is 2.61. The van der Waals surface area contributed by atoms with Gasteiger partial charge in [-0.1, -0.05) is 0 Å². The van der Waals surface area contributed by atoms with Gasteiger partial charge in [-0.25, -0.2) is 9.37 Å². The van der Waals surface area contributed by atoms with Crippen molar-refractivity contribution in [1.82, 2.24) is 4.98 Å². The summed E-state index contributed by atoms with van der Waals surface area (Å²) in [6.45, 7) is 3.15. The van der Waals surface area contributed by atoms with Crippen LogP contribution < -0.4 is 4.74 Å². The minimum absolute atomic E-state index is 0.00929. The standard InChI is InChI=1S/C15H16F4NO4PS/c1-3-22-25(21,23-4-2)13(16)12-9-26-14(20-12)10-5-7-11(8-6-10)24-15(17,18)19/h5-9,13H,3-4H2,1-2H3. The Morgan fingerprint density at radius 2 is 1.73 bits per heavy atom. The minimum Gasteiger partial charge on any atom is -0.406 e. The summed E-state index contributed by atoms with van der Waals surface area (Å²) in [7, 11) is -4.01. The van der Waals surface area contributed by atoms with E-state index in [9.17, 15) is 22.1 Å². The van der Waals surface area contributed by atoms with Gasteiger partial charge in [0.1, 0.15) is 10.8 Å². The number of rotatable bonds is 8. The van der Waals surface area contributed by atoms with Gasteiger partial charge in [0.15, 0.2) is 0 Å². The smallest absolute Gasteiger partial charge is 0.406 e.